The van der Waals surface area contributed by atoms with Crippen LogP contribution in [-0.2, 0) is 16.0 Å². The molecule has 3 rings (SSSR count). The van der Waals surface area contributed by atoms with Gasteiger partial charge in [0.25, 0.3) is 0 Å². The lowest BCUT2D eigenvalue weighted by molar-refractivity contribution is -0.146. The number of aliphatic hydroxyl groups excluding tert-OH is 1. The summed E-state index contributed by atoms with van der Waals surface area (Å²) >= 11 is 0. The minimum absolute atomic E-state index is 0.0786. The van der Waals surface area contributed by atoms with Crippen LogP contribution in [0.15, 0.2) is 67.0 Å². The van der Waals surface area contributed by atoms with E-state index in [1.165, 1.54) is 6.20 Å². The Hall–Kier alpha value is -3.05. The molecule has 138 valence electrons. The molecule has 27 heavy (non-hydrogen) atoms. The molecule has 0 radical (unpaired) electrons. The van der Waals surface area contributed by atoms with Crippen molar-refractivity contribution >= 4 is 22.6 Å². The van der Waals surface area contributed by atoms with Gasteiger partial charge in [0.05, 0.1) is 19.1 Å². The van der Waals surface area contributed by atoms with Gasteiger partial charge in [-0.2, -0.15) is 0 Å². The maximum absolute atomic E-state index is 12.8. The molecule has 5 heteroatoms. The van der Waals surface area contributed by atoms with Gasteiger partial charge in [0.2, 0.25) is 11.8 Å². The van der Waals surface area contributed by atoms with Crippen molar-refractivity contribution in [2.45, 2.75) is 25.9 Å². The summed E-state index contributed by atoms with van der Waals surface area (Å²) in [7, 11) is 0. The summed E-state index contributed by atoms with van der Waals surface area (Å²) in [5, 5.41) is 12.6. The van der Waals surface area contributed by atoms with Gasteiger partial charge in [0.15, 0.2) is 0 Å². The number of fused-ring (bicyclic) bond motifs is 1. The molecule has 0 aliphatic carbocycles. The van der Waals surface area contributed by atoms with Gasteiger partial charge >= 0.3 is 0 Å². The molecule has 2 amide bonds. The van der Waals surface area contributed by atoms with Gasteiger partial charge in [-0.25, -0.2) is 0 Å². The lowest BCUT2D eigenvalue weighted by Crippen LogP contribution is -2.40. The van der Waals surface area contributed by atoms with Crippen LogP contribution in [0.2, 0.25) is 0 Å². The summed E-state index contributed by atoms with van der Waals surface area (Å²) in [5.41, 5.74) is 1.41. The summed E-state index contributed by atoms with van der Waals surface area (Å²) in [6, 6.07) is 17.2. The third-order valence-electron chi connectivity index (χ3n) is 4.50. The third kappa shape index (κ3) is 4.57. The fraction of sp³-hybridized carbons (Fsp3) is 0.227. The molecule has 0 saturated carbocycles. The van der Waals surface area contributed by atoms with Crippen LogP contribution in [0.5, 0.6) is 0 Å². The Kier molecular flexibility index (Phi) is 5.94. The number of aromatic nitrogens is 1. The van der Waals surface area contributed by atoms with E-state index in [2.05, 4.69) is 4.98 Å². The average molecular weight is 362 g/mol. The second-order valence-corrected chi connectivity index (χ2v) is 6.41. The summed E-state index contributed by atoms with van der Waals surface area (Å²) < 4.78 is 0. The van der Waals surface area contributed by atoms with Gasteiger partial charge in [-0.15, -0.1) is 0 Å². The minimum atomic E-state index is -0.963. The van der Waals surface area contributed by atoms with Crippen LogP contribution in [0.4, 0.5) is 0 Å². The number of imide groups is 1. The largest absolute Gasteiger partial charge is 0.386 e. The van der Waals surface area contributed by atoms with E-state index in [4.69, 9.17) is 0 Å². The maximum atomic E-state index is 12.8. The standard InChI is InChI=1S/C22H22N2O3/c1-2-21(26)24(15-20(25)19-8-5-11-23-14-19)22(27)13-16-9-10-17-6-3-4-7-18(17)12-16/h3-12,14,20,25H,2,13,15H2,1H3. The van der Waals surface area contributed by atoms with Crippen LogP contribution in [0.25, 0.3) is 10.8 Å². The highest BCUT2D eigenvalue weighted by Gasteiger charge is 2.24. The number of benzene rings is 2. The topological polar surface area (TPSA) is 70.5 Å². The lowest BCUT2D eigenvalue weighted by Gasteiger charge is -2.23. The fourth-order valence-electron chi connectivity index (χ4n) is 3.00. The zero-order chi connectivity index (χ0) is 19.2. The molecule has 5 nitrogen and oxygen atoms in total. The van der Waals surface area contributed by atoms with Crippen molar-refractivity contribution in [3.8, 4) is 0 Å². The summed E-state index contributed by atoms with van der Waals surface area (Å²) in [4.78, 5) is 30.2. The van der Waals surface area contributed by atoms with Crippen LogP contribution in [0.3, 0.4) is 0 Å². The van der Waals surface area contributed by atoms with Crippen LogP contribution in [0.1, 0.15) is 30.6 Å². The first-order valence-corrected chi connectivity index (χ1v) is 8.97. The van der Waals surface area contributed by atoms with E-state index in [0.29, 0.717) is 5.56 Å². The number of aliphatic hydroxyl groups is 1. The first kappa shape index (κ1) is 18.7. The molecule has 0 bridgehead atoms. The van der Waals surface area contributed by atoms with Gasteiger partial charge in [-0.3, -0.25) is 19.5 Å². The molecule has 3 aromatic rings. The third-order valence-corrected chi connectivity index (χ3v) is 4.50. The Labute approximate surface area is 158 Å². The van der Waals surface area contributed by atoms with E-state index in [-0.39, 0.29) is 31.2 Å². The molecule has 1 N–H and O–H groups in total. The number of hydrogen-bond donors (Lipinski definition) is 1. The van der Waals surface area contributed by atoms with E-state index < -0.39 is 6.10 Å². The maximum Gasteiger partial charge on any atom is 0.233 e. The number of carbonyl (C=O) groups is 2. The Balaban J connectivity index is 1.77. The monoisotopic (exact) mass is 362 g/mol. The SMILES string of the molecule is CCC(=O)N(CC(O)c1cccnc1)C(=O)Cc1ccc2ccccc2c1. The second kappa shape index (κ2) is 8.56. The number of pyridine rings is 1. The van der Waals surface area contributed by atoms with Gasteiger partial charge < -0.3 is 5.11 Å². The number of hydrogen-bond acceptors (Lipinski definition) is 4. The number of amides is 2. The first-order chi connectivity index (χ1) is 13.1. The molecule has 0 saturated heterocycles. The van der Waals surface area contributed by atoms with Crippen molar-refractivity contribution in [3.05, 3.63) is 78.1 Å². The molecule has 1 aromatic heterocycles. The van der Waals surface area contributed by atoms with Gasteiger partial charge in [0, 0.05) is 24.4 Å². The average Bonchev–Trinajstić information content (AvgIpc) is 2.71. The van der Waals surface area contributed by atoms with Crippen LogP contribution >= 0.6 is 0 Å². The van der Waals surface area contributed by atoms with Crippen molar-refractivity contribution in [1.82, 2.24) is 9.88 Å². The van der Waals surface area contributed by atoms with Gasteiger partial charge in [-0.05, 0) is 22.4 Å². The predicted molar refractivity (Wildman–Crippen MR) is 104 cm³/mol. The van der Waals surface area contributed by atoms with Crippen molar-refractivity contribution < 1.29 is 14.7 Å². The Morgan fingerprint density at radius 2 is 1.81 bits per heavy atom. The molecule has 0 spiro atoms. The number of carbonyl (C=O) groups excluding carboxylic acids is 2. The van der Waals surface area contributed by atoms with Crippen molar-refractivity contribution in [2.24, 2.45) is 0 Å². The molecule has 1 heterocycles. The van der Waals surface area contributed by atoms with Gasteiger partial charge in [-0.1, -0.05) is 55.5 Å². The van der Waals surface area contributed by atoms with Crippen molar-refractivity contribution in [3.63, 3.8) is 0 Å². The van der Waals surface area contributed by atoms with Gasteiger partial charge in [0.1, 0.15) is 0 Å². The van der Waals surface area contributed by atoms with Crippen molar-refractivity contribution in [1.29, 1.82) is 0 Å². The highest BCUT2D eigenvalue weighted by atomic mass is 16.3. The molecule has 2 aromatic carbocycles. The molecule has 1 atom stereocenters. The molecule has 0 fully saturated rings. The Morgan fingerprint density at radius 1 is 1.04 bits per heavy atom. The van der Waals surface area contributed by atoms with Crippen LogP contribution < -0.4 is 0 Å². The van der Waals surface area contributed by atoms with E-state index in [1.807, 2.05) is 42.5 Å². The Bertz CT molecular complexity index is 940. The highest BCUT2D eigenvalue weighted by molar-refractivity contribution is 5.96. The van der Waals surface area contributed by atoms with Crippen LogP contribution in [0, 0.1) is 0 Å². The summed E-state index contributed by atoms with van der Waals surface area (Å²) in [5.74, 6) is -0.621. The zero-order valence-corrected chi connectivity index (χ0v) is 15.2. The quantitative estimate of drug-likeness (QED) is 0.731. The first-order valence-electron chi connectivity index (χ1n) is 8.97. The normalized spacial score (nSPS) is 11.9. The molecule has 0 aliphatic rings. The smallest absolute Gasteiger partial charge is 0.233 e. The van der Waals surface area contributed by atoms with E-state index in [1.54, 1.807) is 25.3 Å². The molecular formula is C22H22N2O3. The summed E-state index contributed by atoms with van der Waals surface area (Å²) in [6.45, 7) is 1.62. The highest BCUT2D eigenvalue weighted by Crippen LogP contribution is 2.18. The molecule has 0 aliphatic heterocycles. The fourth-order valence-corrected chi connectivity index (χ4v) is 3.00. The number of rotatable bonds is 6. The molecular weight excluding hydrogens is 340 g/mol. The predicted octanol–water partition coefficient (Wildman–Crippen LogP) is 3.28. The Morgan fingerprint density at radius 3 is 2.52 bits per heavy atom. The zero-order valence-electron chi connectivity index (χ0n) is 15.2. The van der Waals surface area contributed by atoms with Crippen molar-refractivity contribution in [2.75, 3.05) is 6.54 Å². The van der Waals surface area contributed by atoms with E-state index in [0.717, 1.165) is 21.2 Å². The minimum Gasteiger partial charge on any atom is -0.386 e. The van der Waals surface area contributed by atoms with E-state index in [9.17, 15) is 14.7 Å². The summed E-state index contributed by atoms with van der Waals surface area (Å²) in [6.07, 6.45) is 2.48. The molecule has 1 unspecified atom stereocenters. The second-order valence-electron chi connectivity index (χ2n) is 6.41. The van der Waals surface area contributed by atoms with Crippen LogP contribution in [-0.4, -0.2) is 33.3 Å². The van der Waals surface area contributed by atoms with E-state index >= 15 is 0 Å². The lowest BCUT2D eigenvalue weighted by atomic mass is 10.0. The number of nitrogens with zero attached hydrogens (tertiary/aromatic N) is 2.